The monoisotopic (exact) mass is 530 g/mol. The van der Waals surface area contributed by atoms with Gasteiger partial charge in [-0.25, -0.2) is 0 Å². The third kappa shape index (κ3) is 10.4. The van der Waals surface area contributed by atoms with Gasteiger partial charge in [0.1, 0.15) is 12.4 Å². The van der Waals surface area contributed by atoms with Crippen molar-refractivity contribution < 1.29 is 24.5 Å². The number of hydrogen-bond donors (Lipinski definition) is 4. The predicted molar refractivity (Wildman–Crippen MR) is 152 cm³/mol. The Morgan fingerprint density at radius 1 is 0.769 bits per heavy atom. The molecule has 0 aliphatic rings. The van der Waals surface area contributed by atoms with Crippen LogP contribution in [0.1, 0.15) is 29.5 Å². The summed E-state index contributed by atoms with van der Waals surface area (Å²) in [6.07, 6.45) is 2.79. The Balaban J connectivity index is 1.50. The van der Waals surface area contributed by atoms with E-state index in [4.69, 9.17) is 4.74 Å². The number of carbonyl (C=O) groups is 2. The summed E-state index contributed by atoms with van der Waals surface area (Å²) in [5, 5.41) is 25.4. The fourth-order valence-electron chi connectivity index (χ4n) is 4.28. The van der Waals surface area contributed by atoms with Gasteiger partial charge in [0.25, 0.3) is 0 Å². The average molecular weight is 531 g/mol. The second kappa shape index (κ2) is 16.1. The first-order chi connectivity index (χ1) is 19.0. The molecule has 0 saturated heterocycles. The normalized spacial score (nSPS) is 13.1. The van der Waals surface area contributed by atoms with Crippen molar-refractivity contribution in [2.45, 2.75) is 44.4 Å². The molecule has 0 heterocycles. The zero-order valence-corrected chi connectivity index (χ0v) is 22.2. The van der Waals surface area contributed by atoms with Gasteiger partial charge in [-0.15, -0.1) is 6.58 Å². The van der Waals surface area contributed by atoms with Crippen molar-refractivity contribution in [3.63, 3.8) is 0 Å². The van der Waals surface area contributed by atoms with Crippen LogP contribution in [0.4, 0.5) is 0 Å². The van der Waals surface area contributed by atoms with Crippen LogP contribution in [0.2, 0.25) is 0 Å². The van der Waals surface area contributed by atoms with Gasteiger partial charge in [0, 0.05) is 6.42 Å². The summed E-state index contributed by atoms with van der Waals surface area (Å²) in [4.78, 5) is 25.7. The third-order valence-electron chi connectivity index (χ3n) is 6.38. The molecule has 39 heavy (non-hydrogen) atoms. The summed E-state index contributed by atoms with van der Waals surface area (Å²) >= 11 is 0. The number of benzene rings is 3. The lowest BCUT2D eigenvalue weighted by Crippen LogP contribution is -2.45. The van der Waals surface area contributed by atoms with Crippen molar-refractivity contribution in [2.24, 2.45) is 5.92 Å². The zero-order chi connectivity index (χ0) is 27.9. The minimum Gasteiger partial charge on any atom is -0.489 e. The highest BCUT2D eigenvalue weighted by Crippen LogP contribution is 2.16. The highest BCUT2D eigenvalue weighted by atomic mass is 16.5. The summed E-state index contributed by atoms with van der Waals surface area (Å²) in [6.45, 7) is 3.74. The quantitative estimate of drug-likeness (QED) is 0.212. The van der Waals surface area contributed by atoms with Crippen LogP contribution in [0.25, 0.3) is 0 Å². The van der Waals surface area contributed by atoms with Crippen LogP contribution in [0, 0.1) is 5.92 Å². The van der Waals surface area contributed by atoms with Crippen molar-refractivity contribution in [2.75, 3.05) is 13.2 Å². The van der Waals surface area contributed by atoms with Gasteiger partial charge >= 0.3 is 0 Å². The molecule has 4 N–H and O–H groups in total. The Hall–Kier alpha value is -3.94. The van der Waals surface area contributed by atoms with Crippen molar-refractivity contribution in [1.82, 2.24) is 10.6 Å². The van der Waals surface area contributed by atoms with Crippen LogP contribution < -0.4 is 15.4 Å². The highest BCUT2D eigenvalue weighted by Gasteiger charge is 2.24. The van der Waals surface area contributed by atoms with E-state index >= 15 is 0 Å². The van der Waals surface area contributed by atoms with Crippen molar-refractivity contribution in [3.05, 3.63) is 114 Å². The molecule has 3 rings (SSSR count). The first-order valence-corrected chi connectivity index (χ1v) is 13.2. The van der Waals surface area contributed by atoms with Crippen LogP contribution >= 0.6 is 0 Å². The third-order valence-corrected chi connectivity index (χ3v) is 6.38. The van der Waals surface area contributed by atoms with E-state index in [0.29, 0.717) is 25.9 Å². The van der Waals surface area contributed by atoms with E-state index in [1.165, 1.54) is 0 Å². The molecule has 7 nitrogen and oxygen atoms in total. The van der Waals surface area contributed by atoms with Crippen molar-refractivity contribution in [1.29, 1.82) is 0 Å². The number of hydrogen-bond acceptors (Lipinski definition) is 5. The molecule has 7 heteroatoms. The molecule has 0 unspecified atom stereocenters. The number of aliphatic hydroxyl groups is 2. The minimum atomic E-state index is -0.632. The molecule has 0 radical (unpaired) electrons. The van der Waals surface area contributed by atoms with Gasteiger partial charge in [0.05, 0.1) is 31.2 Å². The predicted octanol–water partition coefficient (Wildman–Crippen LogP) is 3.59. The fourth-order valence-corrected chi connectivity index (χ4v) is 4.28. The van der Waals surface area contributed by atoms with E-state index in [9.17, 15) is 19.8 Å². The number of rotatable bonds is 16. The maximum atomic E-state index is 12.9. The minimum absolute atomic E-state index is 0.0515. The summed E-state index contributed by atoms with van der Waals surface area (Å²) in [5.41, 5.74) is 3.01. The van der Waals surface area contributed by atoms with E-state index in [-0.39, 0.29) is 31.4 Å². The molecule has 2 amide bonds. The van der Waals surface area contributed by atoms with Crippen LogP contribution in [-0.4, -0.2) is 47.3 Å². The zero-order valence-electron chi connectivity index (χ0n) is 22.2. The Bertz CT molecular complexity index is 1150. The fraction of sp³-hybridized carbons (Fsp3) is 0.312. The van der Waals surface area contributed by atoms with Crippen molar-refractivity contribution >= 4 is 11.8 Å². The molecule has 0 spiro atoms. The van der Waals surface area contributed by atoms with Gasteiger partial charge in [0.2, 0.25) is 11.8 Å². The molecule has 206 valence electrons. The van der Waals surface area contributed by atoms with E-state index in [1.54, 1.807) is 6.08 Å². The summed E-state index contributed by atoms with van der Waals surface area (Å²) in [7, 11) is 0. The molecule has 0 aromatic heterocycles. The summed E-state index contributed by atoms with van der Waals surface area (Å²) < 4.78 is 5.82. The lowest BCUT2D eigenvalue weighted by Gasteiger charge is -2.22. The first-order valence-electron chi connectivity index (χ1n) is 13.2. The number of ether oxygens (including phenoxy) is 1. The average Bonchev–Trinajstić information content (AvgIpc) is 2.96. The topological polar surface area (TPSA) is 108 Å². The maximum absolute atomic E-state index is 12.9. The SMILES string of the molecule is C=CC[C@H](CC(=O)N[C@H](CO)Cc1ccc(OCc2ccccc2)cc1)C(=O)N[C@@H](CO)Cc1ccccc1. The Morgan fingerprint density at radius 3 is 1.87 bits per heavy atom. The van der Waals surface area contributed by atoms with E-state index in [1.807, 2.05) is 84.9 Å². The molecule has 0 bridgehead atoms. The van der Waals surface area contributed by atoms with E-state index in [0.717, 1.165) is 22.4 Å². The second-order valence-corrected chi connectivity index (χ2v) is 9.57. The van der Waals surface area contributed by atoms with E-state index < -0.39 is 18.0 Å². The largest absolute Gasteiger partial charge is 0.489 e. The lowest BCUT2D eigenvalue weighted by molar-refractivity contribution is -0.131. The highest BCUT2D eigenvalue weighted by molar-refractivity contribution is 5.86. The smallest absolute Gasteiger partial charge is 0.224 e. The first kappa shape index (κ1) is 29.6. The number of carbonyl (C=O) groups excluding carboxylic acids is 2. The number of allylic oxidation sites excluding steroid dienone is 1. The molecule has 3 aromatic carbocycles. The van der Waals surface area contributed by atoms with Crippen LogP contribution in [-0.2, 0) is 29.0 Å². The second-order valence-electron chi connectivity index (χ2n) is 9.57. The molecule has 0 aliphatic carbocycles. The van der Waals surface area contributed by atoms with Gasteiger partial charge in [-0.1, -0.05) is 78.9 Å². The molecule has 0 aliphatic heterocycles. The lowest BCUT2D eigenvalue weighted by atomic mass is 9.98. The maximum Gasteiger partial charge on any atom is 0.224 e. The Morgan fingerprint density at radius 2 is 1.31 bits per heavy atom. The molecular weight excluding hydrogens is 492 g/mol. The van der Waals surface area contributed by atoms with Gasteiger partial charge in [-0.3, -0.25) is 9.59 Å². The molecule has 0 saturated carbocycles. The van der Waals surface area contributed by atoms with E-state index in [2.05, 4.69) is 17.2 Å². The standard InChI is InChI=1S/C32H38N2O5/c1-2-9-27(32(38)34-29(22-36)18-24-10-5-3-6-11-24)20-31(37)33-28(21-35)19-25-14-16-30(17-15-25)39-23-26-12-7-4-8-13-26/h2-8,10-17,27-29,35-36H,1,9,18-23H2,(H,33,37)(H,34,38)/t27-,28+,29-/m1/s1. The number of aliphatic hydroxyl groups excluding tert-OH is 2. The van der Waals surface area contributed by atoms with Crippen LogP contribution in [0.15, 0.2) is 97.6 Å². The molecule has 3 aromatic rings. The molecule has 0 fully saturated rings. The number of nitrogens with one attached hydrogen (secondary N) is 2. The van der Waals surface area contributed by atoms with Crippen LogP contribution in [0.5, 0.6) is 5.75 Å². The van der Waals surface area contributed by atoms with Gasteiger partial charge in [-0.05, 0) is 48.1 Å². The number of amides is 2. The summed E-state index contributed by atoms with van der Waals surface area (Å²) in [5.74, 6) is -0.541. The Kier molecular flexibility index (Phi) is 12.2. The van der Waals surface area contributed by atoms with Gasteiger partial charge < -0.3 is 25.6 Å². The molecule has 3 atom stereocenters. The van der Waals surface area contributed by atoms with Crippen LogP contribution in [0.3, 0.4) is 0 Å². The Labute approximate surface area is 230 Å². The molecular formula is C32H38N2O5. The van der Waals surface area contributed by atoms with Gasteiger partial charge in [-0.2, -0.15) is 0 Å². The van der Waals surface area contributed by atoms with Crippen molar-refractivity contribution in [3.8, 4) is 5.75 Å². The summed E-state index contributed by atoms with van der Waals surface area (Å²) in [6, 6.07) is 26.1. The van der Waals surface area contributed by atoms with Gasteiger partial charge in [0.15, 0.2) is 0 Å².